The Hall–Kier alpha value is -2.03. The average Bonchev–Trinajstić information content (AvgIpc) is 3.04. The number of aromatic nitrogens is 1. The van der Waals surface area contributed by atoms with Gasteiger partial charge in [-0.05, 0) is 26.1 Å². The summed E-state index contributed by atoms with van der Waals surface area (Å²) in [7, 11) is 1.99. The number of nitrogens with zero attached hydrogens (tertiary/aromatic N) is 4. The Morgan fingerprint density at radius 1 is 1.16 bits per heavy atom. The van der Waals surface area contributed by atoms with Crippen LogP contribution in [0.5, 0.6) is 0 Å². The highest BCUT2D eigenvalue weighted by molar-refractivity contribution is 5.74. The first-order valence-corrected chi connectivity index (χ1v) is 8.49. The van der Waals surface area contributed by atoms with E-state index in [2.05, 4.69) is 4.90 Å². The van der Waals surface area contributed by atoms with Gasteiger partial charge in [-0.15, -0.1) is 0 Å². The molecule has 25 heavy (non-hydrogen) atoms. The second-order valence-corrected chi connectivity index (χ2v) is 7.00. The zero-order valence-electron chi connectivity index (χ0n) is 14.5. The standard InChI is InChI=1S/C17H22N4O4/c1-17-13-5-3-4-12(18-13)8-20-10-15(22)24-14(20)9-19(2)6-7-21(17)11-16(23)25-17/h3-5,14H,6-11H2,1-2H3. The van der Waals surface area contributed by atoms with E-state index < -0.39 is 5.72 Å². The highest BCUT2D eigenvalue weighted by Crippen LogP contribution is 2.33. The van der Waals surface area contributed by atoms with Crippen LogP contribution in [0.1, 0.15) is 18.3 Å². The summed E-state index contributed by atoms with van der Waals surface area (Å²) in [6.07, 6.45) is -0.273. The molecule has 2 saturated heterocycles. The van der Waals surface area contributed by atoms with Crippen molar-refractivity contribution >= 4 is 11.9 Å². The summed E-state index contributed by atoms with van der Waals surface area (Å²) >= 11 is 0. The summed E-state index contributed by atoms with van der Waals surface area (Å²) in [6.45, 7) is 4.93. The minimum absolute atomic E-state index is 0.203. The van der Waals surface area contributed by atoms with Crippen LogP contribution in [0.15, 0.2) is 18.2 Å². The lowest BCUT2D eigenvalue weighted by molar-refractivity contribution is -0.153. The lowest BCUT2D eigenvalue weighted by Crippen LogP contribution is -2.47. The molecule has 0 aliphatic carbocycles. The summed E-state index contributed by atoms with van der Waals surface area (Å²) in [6, 6.07) is 5.72. The van der Waals surface area contributed by atoms with Crippen molar-refractivity contribution in [2.24, 2.45) is 0 Å². The van der Waals surface area contributed by atoms with Crippen LogP contribution in [0.4, 0.5) is 0 Å². The van der Waals surface area contributed by atoms with E-state index in [4.69, 9.17) is 14.5 Å². The minimum atomic E-state index is -0.857. The van der Waals surface area contributed by atoms with Crippen LogP contribution < -0.4 is 0 Å². The molecule has 0 spiro atoms. The van der Waals surface area contributed by atoms with Crippen LogP contribution in [0.25, 0.3) is 0 Å². The zero-order valence-corrected chi connectivity index (χ0v) is 14.5. The first kappa shape index (κ1) is 16.4. The molecular weight excluding hydrogens is 324 g/mol. The molecule has 0 saturated carbocycles. The molecule has 8 heteroatoms. The van der Waals surface area contributed by atoms with Crippen molar-refractivity contribution in [1.29, 1.82) is 0 Å². The number of carbonyl (C=O) groups excluding carboxylic acids is 2. The topological polar surface area (TPSA) is 75.2 Å². The van der Waals surface area contributed by atoms with Crippen LogP contribution in [0.3, 0.4) is 0 Å². The highest BCUT2D eigenvalue weighted by atomic mass is 16.6. The van der Waals surface area contributed by atoms with Gasteiger partial charge in [0.1, 0.15) is 13.1 Å². The number of ether oxygens (including phenoxy) is 2. The van der Waals surface area contributed by atoms with Gasteiger partial charge >= 0.3 is 11.9 Å². The Morgan fingerprint density at radius 3 is 2.84 bits per heavy atom. The Morgan fingerprint density at radius 2 is 2.00 bits per heavy atom. The number of carbonyl (C=O) groups is 2. The first-order chi connectivity index (χ1) is 11.9. The smallest absolute Gasteiger partial charge is 0.322 e. The fourth-order valence-electron chi connectivity index (χ4n) is 3.66. The summed E-state index contributed by atoms with van der Waals surface area (Å²) in [5, 5.41) is 0. The van der Waals surface area contributed by atoms with Gasteiger partial charge in [0.05, 0.1) is 11.4 Å². The molecule has 3 aliphatic heterocycles. The maximum absolute atomic E-state index is 11.9. The van der Waals surface area contributed by atoms with Crippen LogP contribution in [0, 0.1) is 0 Å². The van der Waals surface area contributed by atoms with Crippen LogP contribution in [0.2, 0.25) is 0 Å². The Kier molecular flexibility index (Phi) is 3.98. The molecule has 134 valence electrons. The number of pyridine rings is 1. The third kappa shape index (κ3) is 3.01. The lowest BCUT2D eigenvalue weighted by atomic mass is 10.1. The van der Waals surface area contributed by atoms with Crippen LogP contribution in [-0.4, -0.2) is 77.6 Å². The van der Waals surface area contributed by atoms with Gasteiger partial charge in [0.15, 0.2) is 6.23 Å². The third-order valence-electron chi connectivity index (χ3n) is 5.11. The van der Waals surface area contributed by atoms with Crippen LogP contribution in [-0.2, 0) is 31.3 Å². The second kappa shape index (κ2) is 6.05. The average molecular weight is 346 g/mol. The molecule has 2 atom stereocenters. The van der Waals surface area contributed by atoms with Crippen molar-refractivity contribution in [2.45, 2.75) is 25.4 Å². The second-order valence-electron chi connectivity index (χ2n) is 7.00. The van der Waals surface area contributed by atoms with Crippen molar-refractivity contribution in [2.75, 3.05) is 39.8 Å². The number of fused-ring (bicyclic) bond motifs is 5. The molecule has 4 rings (SSSR count). The summed E-state index contributed by atoms with van der Waals surface area (Å²) < 4.78 is 11.1. The third-order valence-corrected chi connectivity index (χ3v) is 5.11. The minimum Gasteiger partial charge on any atom is -0.444 e. The van der Waals surface area contributed by atoms with E-state index in [0.717, 1.165) is 12.2 Å². The Balaban J connectivity index is 1.71. The molecule has 2 fully saturated rings. The van der Waals surface area contributed by atoms with E-state index in [1.165, 1.54) is 0 Å². The van der Waals surface area contributed by atoms with E-state index >= 15 is 0 Å². The molecule has 1 aromatic heterocycles. The molecule has 0 amide bonds. The van der Waals surface area contributed by atoms with Gasteiger partial charge < -0.3 is 14.4 Å². The molecular formula is C17H22N4O4. The quantitative estimate of drug-likeness (QED) is 0.595. The van der Waals surface area contributed by atoms with Gasteiger partial charge in [-0.2, -0.15) is 0 Å². The largest absolute Gasteiger partial charge is 0.444 e. The van der Waals surface area contributed by atoms with E-state index in [-0.39, 0.29) is 31.3 Å². The fraction of sp³-hybridized carbons (Fsp3) is 0.588. The lowest BCUT2D eigenvalue weighted by Gasteiger charge is -2.34. The first-order valence-electron chi connectivity index (χ1n) is 8.49. The monoisotopic (exact) mass is 346 g/mol. The predicted octanol–water partition coefficient (Wildman–Crippen LogP) is -0.257. The van der Waals surface area contributed by atoms with Gasteiger partial charge in [-0.3, -0.25) is 19.5 Å². The van der Waals surface area contributed by atoms with Crippen LogP contribution >= 0.6 is 0 Å². The van der Waals surface area contributed by atoms with Gasteiger partial charge in [0, 0.05) is 26.2 Å². The molecule has 0 radical (unpaired) electrons. The van der Waals surface area contributed by atoms with E-state index in [9.17, 15) is 9.59 Å². The van der Waals surface area contributed by atoms with E-state index in [0.29, 0.717) is 25.3 Å². The maximum Gasteiger partial charge on any atom is 0.322 e. The normalized spacial score (nSPS) is 31.5. The number of hydrogen-bond acceptors (Lipinski definition) is 8. The fourth-order valence-corrected chi connectivity index (χ4v) is 3.66. The van der Waals surface area contributed by atoms with E-state index in [1.54, 1.807) is 0 Å². The maximum atomic E-state index is 11.9. The molecule has 4 heterocycles. The highest BCUT2D eigenvalue weighted by Gasteiger charge is 2.46. The molecule has 2 unspecified atom stereocenters. The summed E-state index contributed by atoms with van der Waals surface area (Å²) in [5.41, 5.74) is 0.680. The van der Waals surface area contributed by atoms with Gasteiger partial charge in [0.25, 0.3) is 0 Å². The van der Waals surface area contributed by atoms with Gasteiger partial charge in [-0.1, -0.05) is 6.07 Å². The molecule has 3 aliphatic rings. The van der Waals surface area contributed by atoms with Gasteiger partial charge in [0.2, 0.25) is 5.72 Å². The molecule has 8 nitrogen and oxygen atoms in total. The molecule has 2 bridgehead atoms. The number of rotatable bonds is 0. The Bertz CT molecular complexity index is 712. The Labute approximate surface area is 146 Å². The summed E-state index contributed by atoms with van der Waals surface area (Å²) in [5.74, 6) is -0.437. The van der Waals surface area contributed by atoms with Crippen molar-refractivity contribution in [1.82, 2.24) is 19.7 Å². The number of hydrogen-bond donors (Lipinski definition) is 0. The zero-order chi connectivity index (χ0) is 17.6. The number of esters is 2. The summed E-state index contributed by atoms with van der Waals surface area (Å²) in [4.78, 5) is 34.5. The number of likely N-dealkylation sites (N-methyl/N-ethyl adjacent to an activating group) is 1. The predicted molar refractivity (Wildman–Crippen MR) is 87.0 cm³/mol. The van der Waals surface area contributed by atoms with Crippen molar-refractivity contribution in [3.05, 3.63) is 29.6 Å². The van der Waals surface area contributed by atoms with Crippen molar-refractivity contribution in [3.63, 3.8) is 0 Å². The van der Waals surface area contributed by atoms with Crippen molar-refractivity contribution < 1.29 is 19.1 Å². The van der Waals surface area contributed by atoms with Gasteiger partial charge in [-0.25, -0.2) is 4.90 Å². The molecule has 1 aromatic rings. The molecule has 0 aromatic carbocycles. The van der Waals surface area contributed by atoms with E-state index in [1.807, 2.05) is 42.0 Å². The SMILES string of the molecule is CN1CCN2CC(=O)OC2(C)c2cccc(n2)CN2CC(=O)OC2C1. The van der Waals surface area contributed by atoms with Crippen molar-refractivity contribution in [3.8, 4) is 0 Å². The molecule has 0 N–H and O–H groups in total.